The van der Waals surface area contributed by atoms with E-state index in [0.29, 0.717) is 5.56 Å². The number of hydrogen-bond donors (Lipinski definition) is 0. The second-order valence-corrected chi connectivity index (χ2v) is 11.7. The quantitative estimate of drug-likeness (QED) is 0.312. The van der Waals surface area contributed by atoms with Crippen LogP contribution in [0.3, 0.4) is 0 Å². The molecule has 0 spiro atoms. The lowest BCUT2D eigenvalue weighted by molar-refractivity contribution is 0.398. The molecule has 2 aliphatic heterocycles. The van der Waals surface area contributed by atoms with Crippen LogP contribution in [0.25, 0.3) is 31.8 Å². The van der Waals surface area contributed by atoms with Gasteiger partial charge in [-0.25, -0.2) is 9.78 Å². The largest absolute Gasteiger partial charge is 0.422 e. The number of aromatic nitrogens is 1. The van der Waals surface area contributed by atoms with Crippen LogP contribution in [-0.2, 0) is 10.8 Å². The summed E-state index contributed by atoms with van der Waals surface area (Å²) in [6.07, 6.45) is 2.19. The van der Waals surface area contributed by atoms with E-state index in [1.165, 1.54) is 16.8 Å². The van der Waals surface area contributed by atoms with E-state index in [1.54, 1.807) is 11.3 Å². The van der Waals surface area contributed by atoms with Crippen molar-refractivity contribution >= 4 is 38.2 Å². The van der Waals surface area contributed by atoms with E-state index in [9.17, 15) is 4.79 Å². The third kappa shape index (κ3) is 2.67. The van der Waals surface area contributed by atoms with E-state index in [-0.39, 0.29) is 16.5 Å². The fourth-order valence-corrected chi connectivity index (χ4v) is 6.65. The Morgan fingerprint density at radius 3 is 2.53 bits per heavy atom. The molecule has 164 valence electrons. The van der Waals surface area contributed by atoms with Gasteiger partial charge in [0.15, 0.2) is 0 Å². The average molecular weight is 445 g/mol. The number of benzene rings is 2. The van der Waals surface area contributed by atoms with E-state index in [2.05, 4.69) is 51.7 Å². The molecule has 0 aliphatic carbocycles. The van der Waals surface area contributed by atoms with Crippen LogP contribution in [0.5, 0.6) is 0 Å². The number of hydrogen-bond acceptors (Lipinski definition) is 5. The maximum absolute atomic E-state index is 13.4. The Hall–Kier alpha value is -2.66. The van der Waals surface area contributed by atoms with Crippen molar-refractivity contribution in [2.45, 2.75) is 58.3 Å². The molecule has 0 radical (unpaired) electrons. The van der Waals surface area contributed by atoms with Crippen molar-refractivity contribution < 1.29 is 4.42 Å². The molecule has 4 heterocycles. The van der Waals surface area contributed by atoms with E-state index in [0.717, 1.165) is 57.7 Å². The van der Waals surface area contributed by atoms with Crippen LogP contribution in [-0.4, -0.2) is 18.1 Å². The number of thiazole rings is 1. The van der Waals surface area contributed by atoms with Crippen LogP contribution in [0.1, 0.15) is 57.2 Å². The maximum Gasteiger partial charge on any atom is 0.346 e. The lowest BCUT2D eigenvalue weighted by Crippen LogP contribution is -2.44. The molecule has 0 unspecified atom stereocenters. The van der Waals surface area contributed by atoms with E-state index in [1.807, 2.05) is 18.2 Å². The highest BCUT2D eigenvalue weighted by Gasteiger charge is 2.42. The lowest BCUT2D eigenvalue weighted by Gasteiger charge is -2.48. The zero-order chi connectivity index (χ0) is 22.4. The summed E-state index contributed by atoms with van der Waals surface area (Å²) in [5.74, 6) is 0. The average Bonchev–Trinajstić information content (AvgIpc) is 3.15. The van der Waals surface area contributed by atoms with Crippen LogP contribution in [0.4, 0.5) is 5.69 Å². The number of aryl methyl sites for hydroxylation is 1. The molecule has 0 bridgehead atoms. The molecule has 0 saturated heterocycles. The Labute approximate surface area is 191 Å². The third-order valence-corrected chi connectivity index (χ3v) is 8.73. The molecule has 4 nitrogen and oxygen atoms in total. The first-order valence-corrected chi connectivity index (χ1v) is 12.3. The smallest absolute Gasteiger partial charge is 0.346 e. The maximum atomic E-state index is 13.4. The van der Waals surface area contributed by atoms with E-state index in [4.69, 9.17) is 9.40 Å². The zero-order valence-electron chi connectivity index (χ0n) is 19.3. The van der Waals surface area contributed by atoms with Gasteiger partial charge in [0.1, 0.15) is 10.6 Å². The minimum absolute atomic E-state index is 0.0483. The summed E-state index contributed by atoms with van der Waals surface area (Å²) < 4.78 is 7.27. The molecule has 2 aromatic heterocycles. The number of rotatable bonds is 1. The molecule has 6 rings (SSSR count). The van der Waals surface area contributed by atoms with Crippen LogP contribution in [0, 0.1) is 6.92 Å². The summed E-state index contributed by atoms with van der Waals surface area (Å²) in [5.41, 5.74) is 6.91. The van der Waals surface area contributed by atoms with Crippen LogP contribution < -0.4 is 10.5 Å². The Balaban J connectivity index is 1.72. The summed E-state index contributed by atoms with van der Waals surface area (Å²) >= 11 is 1.56. The minimum Gasteiger partial charge on any atom is -0.422 e. The van der Waals surface area contributed by atoms with Crippen LogP contribution >= 0.6 is 11.3 Å². The zero-order valence-corrected chi connectivity index (χ0v) is 20.2. The van der Waals surface area contributed by atoms with Gasteiger partial charge in [0, 0.05) is 29.7 Å². The Bertz CT molecular complexity index is 1440. The fraction of sp³-hybridized carbons (Fsp3) is 0.407. The molecule has 0 fully saturated rings. The van der Waals surface area contributed by atoms with Gasteiger partial charge in [-0.3, -0.25) is 0 Å². The van der Waals surface area contributed by atoms with Crippen molar-refractivity contribution in [3.05, 3.63) is 57.4 Å². The summed E-state index contributed by atoms with van der Waals surface area (Å²) in [5, 5.41) is 1.79. The SMILES string of the molecule is Cc1c(-c2nc3ccccc3s2)c(=O)oc2c3c4c(cc12)C(C)(C)CCN4CCC3(C)C. The van der Waals surface area contributed by atoms with Crippen molar-refractivity contribution in [3.8, 4) is 10.6 Å². The Morgan fingerprint density at radius 2 is 1.78 bits per heavy atom. The topological polar surface area (TPSA) is 46.3 Å². The molecule has 5 heteroatoms. The highest BCUT2D eigenvalue weighted by Crippen LogP contribution is 2.52. The number of nitrogens with zero attached hydrogens (tertiary/aromatic N) is 2. The van der Waals surface area contributed by atoms with Crippen molar-refractivity contribution in [1.82, 2.24) is 4.98 Å². The summed E-state index contributed by atoms with van der Waals surface area (Å²) in [4.78, 5) is 20.7. The van der Waals surface area contributed by atoms with Gasteiger partial charge in [-0.1, -0.05) is 39.8 Å². The fourth-order valence-electron chi connectivity index (χ4n) is 5.59. The summed E-state index contributed by atoms with van der Waals surface area (Å²) in [7, 11) is 0. The van der Waals surface area contributed by atoms with Gasteiger partial charge < -0.3 is 9.32 Å². The molecule has 4 aromatic rings. The van der Waals surface area contributed by atoms with Gasteiger partial charge in [0.05, 0.1) is 15.8 Å². The van der Waals surface area contributed by atoms with E-state index < -0.39 is 0 Å². The molecule has 0 amide bonds. The number of para-hydroxylation sites is 1. The third-order valence-electron chi connectivity index (χ3n) is 7.67. The first-order valence-electron chi connectivity index (χ1n) is 11.4. The highest BCUT2D eigenvalue weighted by atomic mass is 32.1. The second kappa shape index (κ2) is 6.44. The Kier molecular flexibility index (Phi) is 4.02. The first kappa shape index (κ1) is 20.0. The van der Waals surface area contributed by atoms with Gasteiger partial charge in [-0.2, -0.15) is 0 Å². The van der Waals surface area contributed by atoms with Gasteiger partial charge in [0.2, 0.25) is 0 Å². The van der Waals surface area contributed by atoms with Crippen LogP contribution in [0.2, 0.25) is 0 Å². The molecule has 0 N–H and O–H groups in total. The van der Waals surface area contributed by atoms with Crippen molar-refractivity contribution in [1.29, 1.82) is 0 Å². The predicted octanol–water partition coefficient (Wildman–Crippen LogP) is 6.55. The molecular formula is C27H28N2O2S. The summed E-state index contributed by atoms with van der Waals surface area (Å²) in [6.45, 7) is 13.4. The highest BCUT2D eigenvalue weighted by molar-refractivity contribution is 7.21. The van der Waals surface area contributed by atoms with Crippen molar-refractivity contribution in [2.75, 3.05) is 18.0 Å². The predicted molar refractivity (Wildman–Crippen MR) is 133 cm³/mol. The van der Waals surface area contributed by atoms with Crippen molar-refractivity contribution in [3.63, 3.8) is 0 Å². The standard InChI is InChI=1S/C27H28N2O2S/c1-15-16-14-17-22-21(27(4,5)11-13-29(22)12-10-26(17,2)3)23(16)31-25(30)20(15)24-28-18-8-6-7-9-19(18)32-24/h6-9,14H,10-13H2,1-5H3. The monoisotopic (exact) mass is 444 g/mol. The first-order chi connectivity index (χ1) is 15.2. The molecular weight excluding hydrogens is 416 g/mol. The van der Waals surface area contributed by atoms with Gasteiger partial charge in [-0.05, 0) is 59.9 Å². The minimum atomic E-state index is -0.284. The van der Waals surface area contributed by atoms with Gasteiger partial charge in [-0.15, -0.1) is 11.3 Å². The van der Waals surface area contributed by atoms with Crippen molar-refractivity contribution in [2.24, 2.45) is 0 Å². The van der Waals surface area contributed by atoms with Gasteiger partial charge in [0.25, 0.3) is 0 Å². The summed E-state index contributed by atoms with van der Waals surface area (Å²) in [6, 6.07) is 10.3. The van der Waals surface area contributed by atoms with E-state index >= 15 is 0 Å². The normalized spacial score (nSPS) is 18.8. The Morgan fingerprint density at radius 1 is 1.06 bits per heavy atom. The van der Waals surface area contributed by atoms with Crippen LogP contribution in [0.15, 0.2) is 39.5 Å². The van der Waals surface area contributed by atoms with Gasteiger partial charge >= 0.3 is 5.63 Å². The molecule has 0 saturated carbocycles. The molecule has 32 heavy (non-hydrogen) atoms. The number of anilines is 1. The molecule has 2 aromatic carbocycles. The molecule has 2 aliphatic rings. The molecule has 0 atom stereocenters. The second-order valence-electron chi connectivity index (χ2n) is 10.7. The number of fused-ring (bicyclic) bond motifs is 3. The lowest BCUT2D eigenvalue weighted by atomic mass is 9.69.